The van der Waals surface area contributed by atoms with Crippen LogP contribution in [0.3, 0.4) is 0 Å². The van der Waals surface area contributed by atoms with Gasteiger partial charge in [0.1, 0.15) is 0 Å². The fourth-order valence-electron chi connectivity index (χ4n) is 2.46. The smallest absolute Gasteiger partial charge is 0.220 e. The van der Waals surface area contributed by atoms with Gasteiger partial charge in [-0.05, 0) is 51.0 Å². The first-order chi connectivity index (χ1) is 9.35. The lowest BCUT2D eigenvalue weighted by Gasteiger charge is -2.20. The number of amides is 1. The number of carbonyl (C=O) groups excluding carboxylic acids is 1. The van der Waals surface area contributed by atoms with E-state index in [2.05, 4.69) is 36.5 Å². The lowest BCUT2D eigenvalue weighted by molar-refractivity contribution is -0.122. The summed E-state index contributed by atoms with van der Waals surface area (Å²) in [6.45, 7) is 5.78. The Hall–Kier alpha value is -1.35. The van der Waals surface area contributed by atoms with Gasteiger partial charge in [0.2, 0.25) is 5.91 Å². The molecule has 1 aliphatic rings. The third kappa shape index (κ3) is 4.64. The first kappa shape index (κ1) is 15.0. The van der Waals surface area contributed by atoms with Crippen molar-refractivity contribution in [1.29, 1.82) is 0 Å². The van der Waals surface area contributed by atoms with Crippen LogP contribution >= 0.6 is 0 Å². The highest BCUT2D eigenvalue weighted by Crippen LogP contribution is 2.44. The second kappa shape index (κ2) is 5.96. The monoisotopic (exact) mass is 275 g/mol. The van der Waals surface area contributed by atoms with E-state index in [9.17, 15) is 9.90 Å². The first-order valence-electron chi connectivity index (χ1n) is 7.41. The Labute approximate surface area is 121 Å². The summed E-state index contributed by atoms with van der Waals surface area (Å²) >= 11 is 0. The Balaban J connectivity index is 1.96. The maximum Gasteiger partial charge on any atom is 0.220 e. The van der Waals surface area contributed by atoms with Gasteiger partial charge in [-0.25, -0.2) is 0 Å². The highest BCUT2D eigenvalue weighted by Gasteiger charge is 2.33. The molecule has 20 heavy (non-hydrogen) atoms. The molecule has 0 radical (unpaired) electrons. The van der Waals surface area contributed by atoms with Gasteiger partial charge in [-0.3, -0.25) is 4.79 Å². The third-order valence-corrected chi connectivity index (χ3v) is 3.82. The largest absolute Gasteiger partial charge is 0.389 e. The van der Waals surface area contributed by atoms with E-state index in [0.29, 0.717) is 24.8 Å². The molecule has 1 saturated carbocycles. The standard InChI is InChI=1S/C17H25NO2/c1-12-4-6-13(7-5-12)15(14-8-9-14)10-16(19)18-11-17(2,3)20/h4-7,14-15,20H,8-11H2,1-3H3,(H,18,19). The highest BCUT2D eigenvalue weighted by atomic mass is 16.3. The number of hydrogen-bond acceptors (Lipinski definition) is 2. The van der Waals surface area contributed by atoms with Crippen molar-refractivity contribution in [3.8, 4) is 0 Å². The fourth-order valence-corrected chi connectivity index (χ4v) is 2.46. The molecule has 1 aromatic carbocycles. The van der Waals surface area contributed by atoms with Gasteiger partial charge in [0.25, 0.3) is 0 Å². The van der Waals surface area contributed by atoms with Crippen molar-refractivity contribution < 1.29 is 9.90 Å². The maximum absolute atomic E-state index is 12.1. The van der Waals surface area contributed by atoms with Crippen LogP contribution in [0.1, 0.15) is 50.2 Å². The fraction of sp³-hybridized carbons (Fsp3) is 0.588. The molecule has 1 amide bonds. The lowest BCUT2D eigenvalue weighted by atomic mass is 9.90. The molecule has 3 nitrogen and oxygen atoms in total. The second-order valence-corrected chi connectivity index (χ2v) is 6.65. The van der Waals surface area contributed by atoms with Crippen molar-refractivity contribution in [3.63, 3.8) is 0 Å². The van der Waals surface area contributed by atoms with Crippen LogP contribution in [0.2, 0.25) is 0 Å². The summed E-state index contributed by atoms with van der Waals surface area (Å²) in [5, 5.41) is 12.5. The zero-order valence-electron chi connectivity index (χ0n) is 12.6. The molecule has 0 aliphatic heterocycles. The molecular weight excluding hydrogens is 250 g/mol. The van der Waals surface area contributed by atoms with Gasteiger partial charge in [-0.2, -0.15) is 0 Å². The zero-order valence-corrected chi connectivity index (χ0v) is 12.6. The first-order valence-corrected chi connectivity index (χ1v) is 7.41. The molecule has 2 rings (SSSR count). The number of aliphatic hydroxyl groups is 1. The second-order valence-electron chi connectivity index (χ2n) is 6.65. The maximum atomic E-state index is 12.1. The van der Waals surface area contributed by atoms with E-state index < -0.39 is 5.60 Å². The Morgan fingerprint density at radius 3 is 2.45 bits per heavy atom. The Morgan fingerprint density at radius 2 is 1.95 bits per heavy atom. The summed E-state index contributed by atoms with van der Waals surface area (Å²) in [5.41, 5.74) is 1.65. The topological polar surface area (TPSA) is 49.3 Å². The van der Waals surface area contributed by atoms with E-state index in [4.69, 9.17) is 0 Å². The summed E-state index contributed by atoms with van der Waals surface area (Å²) in [4.78, 5) is 12.1. The van der Waals surface area contributed by atoms with Gasteiger partial charge in [-0.1, -0.05) is 29.8 Å². The van der Waals surface area contributed by atoms with Crippen LogP contribution in [0, 0.1) is 12.8 Å². The predicted molar refractivity (Wildman–Crippen MR) is 80.6 cm³/mol. The average molecular weight is 275 g/mol. The quantitative estimate of drug-likeness (QED) is 0.838. The van der Waals surface area contributed by atoms with E-state index in [1.807, 2.05) is 0 Å². The van der Waals surface area contributed by atoms with Gasteiger partial charge in [-0.15, -0.1) is 0 Å². The van der Waals surface area contributed by atoms with E-state index in [1.54, 1.807) is 13.8 Å². The molecule has 0 saturated heterocycles. The van der Waals surface area contributed by atoms with Crippen molar-refractivity contribution in [3.05, 3.63) is 35.4 Å². The van der Waals surface area contributed by atoms with Crippen LogP contribution in [-0.4, -0.2) is 23.2 Å². The summed E-state index contributed by atoms with van der Waals surface area (Å²) in [6, 6.07) is 8.50. The predicted octanol–water partition coefficient (Wildman–Crippen LogP) is 2.77. The third-order valence-electron chi connectivity index (χ3n) is 3.82. The molecule has 2 N–H and O–H groups in total. The SMILES string of the molecule is Cc1ccc(C(CC(=O)NCC(C)(C)O)C2CC2)cc1. The lowest BCUT2D eigenvalue weighted by Crippen LogP contribution is -2.38. The van der Waals surface area contributed by atoms with Crippen molar-refractivity contribution in [1.82, 2.24) is 5.32 Å². The van der Waals surface area contributed by atoms with Crippen LogP contribution < -0.4 is 5.32 Å². The number of benzene rings is 1. The van der Waals surface area contributed by atoms with Gasteiger partial charge in [0, 0.05) is 13.0 Å². The minimum atomic E-state index is -0.853. The molecule has 110 valence electrons. The Morgan fingerprint density at radius 1 is 1.35 bits per heavy atom. The molecule has 0 bridgehead atoms. The number of hydrogen-bond donors (Lipinski definition) is 2. The summed E-state index contributed by atoms with van der Waals surface area (Å²) < 4.78 is 0. The van der Waals surface area contributed by atoms with Gasteiger partial charge in [0.15, 0.2) is 0 Å². The summed E-state index contributed by atoms with van der Waals surface area (Å²) in [7, 11) is 0. The Kier molecular flexibility index (Phi) is 4.48. The van der Waals surface area contributed by atoms with Gasteiger partial charge < -0.3 is 10.4 Å². The van der Waals surface area contributed by atoms with E-state index in [0.717, 1.165) is 0 Å². The zero-order chi connectivity index (χ0) is 14.8. The van der Waals surface area contributed by atoms with E-state index in [1.165, 1.54) is 24.0 Å². The van der Waals surface area contributed by atoms with Crippen molar-refractivity contribution in [2.24, 2.45) is 5.92 Å². The van der Waals surface area contributed by atoms with Crippen LogP contribution in [0.25, 0.3) is 0 Å². The van der Waals surface area contributed by atoms with E-state index >= 15 is 0 Å². The van der Waals surface area contributed by atoms with Gasteiger partial charge >= 0.3 is 0 Å². The van der Waals surface area contributed by atoms with Gasteiger partial charge in [0.05, 0.1) is 5.60 Å². The molecule has 0 heterocycles. The molecule has 3 heteroatoms. The number of rotatable bonds is 6. The van der Waals surface area contributed by atoms with Crippen LogP contribution in [0.5, 0.6) is 0 Å². The van der Waals surface area contributed by atoms with Crippen LogP contribution in [0.15, 0.2) is 24.3 Å². The number of carbonyl (C=O) groups is 1. The molecule has 1 aliphatic carbocycles. The molecule has 0 aromatic heterocycles. The molecule has 1 aromatic rings. The van der Waals surface area contributed by atoms with Crippen molar-refractivity contribution in [2.75, 3.05) is 6.54 Å². The summed E-state index contributed by atoms with van der Waals surface area (Å²) in [5.74, 6) is 0.993. The normalized spacial score (nSPS) is 16.8. The molecular formula is C17H25NO2. The summed E-state index contributed by atoms with van der Waals surface area (Å²) in [6.07, 6.45) is 2.96. The molecule has 1 unspecified atom stereocenters. The van der Waals surface area contributed by atoms with E-state index in [-0.39, 0.29) is 5.91 Å². The number of aryl methyl sites for hydroxylation is 1. The van der Waals surface area contributed by atoms with Crippen molar-refractivity contribution >= 4 is 5.91 Å². The van der Waals surface area contributed by atoms with Crippen molar-refractivity contribution in [2.45, 2.75) is 51.6 Å². The molecule has 1 fully saturated rings. The van der Waals surface area contributed by atoms with Crippen LogP contribution in [-0.2, 0) is 4.79 Å². The minimum absolute atomic E-state index is 0.0320. The average Bonchev–Trinajstić information content (AvgIpc) is 3.18. The number of nitrogens with one attached hydrogen (secondary N) is 1. The van der Waals surface area contributed by atoms with Crippen LogP contribution in [0.4, 0.5) is 0 Å². The molecule has 0 spiro atoms. The molecule has 1 atom stereocenters. The minimum Gasteiger partial charge on any atom is -0.389 e. The Bertz CT molecular complexity index is 455. The highest BCUT2D eigenvalue weighted by molar-refractivity contribution is 5.77.